The average molecular weight is 607 g/mol. The number of benzene rings is 3. The second-order valence-electron chi connectivity index (χ2n) is 14.3. The van der Waals surface area contributed by atoms with Crippen molar-refractivity contribution in [3.05, 3.63) is 95.6 Å². The summed E-state index contributed by atoms with van der Waals surface area (Å²) in [6.45, 7) is 6.94. The van der Waals surface area contributed by atoms with Gasteiger partial charge in [-0.3, -0.25) is 4.79 Å². The second-order valence-corrected chi connectivity index (χ2v) is 18.5. The standard InChI is InChI=1S/C39H46O4Si/c1-38(2,3)44(32-15-9-5-10-16-32,33-17-11-6-12-18-33)43-39-24-23-29(21-22-36(40)30-13-7-4-8-14-30)35(39)27-31-20-19-28(25-34(31)39)26-37(41)42/h5-6,9-12,15-20,25,29-30,35-36,40H,4,7-8,13-14,23-24,26-27H2,1-3H3,(H,41,42). The minimum Gasteiger partial charge on any atom is -0.481 e. The first-order valence-electron chi connectivity index (χ1n) is 16.5. The van der Waals surface area contributed by atoms with E-state index in [1.165, 1.54) is 35.2 Å². The predicted molar refractivity (Wildman–Crippen MR) is 178 cm³/mol. The minimum absolute atomic E-state index is 0.00987. The Hall–Kier alpha value is -3.17. The van der Waals surface area contributed by atoms with Gasteiger partial charge in [-0.05, 0) is 70.1 Å². The lowest BCUT2D eigenvalue weighted by Crippen LogP contribution is -2.69. The number of aliphatic hydroxyl groups is 1. The summed E-state index contributed by atoms with van der Waals surface area (Å²) in [6.07, 6.45) is 7.72. The van der Waals surface area contributed by atoms with Crippen molar-refractivity contribution in [3.8, 4) is 11.8 Å². The SMILES string of the molecule is CC(C)(C)[Si](OC12CCC(C#CC(O)C3CCCCC3)C1Cc1ccc(CC(=O)O)cc12)(c1ccccc1)c1ccccc1. The van der Waals surface area contributed by atoms with Gasteiger partial charge in [0.1, 0.15) is 6.10 Å². The quantitative estimate of drug-likeness (QED) is 0.235. The molecular formula is C39H46O4Si. The van der Waals surface area contributed by atoms with E-state index in [0.717, 1.165) is 43.2 Å². The molecule has 2 N–H and O–H groups in total. The van der Waals surface area contributed by atoms with Crippen LogP contribution in [-0.4, -0.2) is 30.6 Å². The van der Waals surface area contributed by atoms with Gasteiger partial charge in [0, 0.05) is 11.8 Å². The van der Waals surface area contributed by atoms with Gasteiger partial charge in [-0.2, -0.15) is 0 Å². The zero-order valence-corrected chi connectivity index (χ0v) is 27.4. The molecule has 4 atom stereocenters. The molecule has 3 aromatic rings. The summed E-state index contributed by atoms with van der Waals surface area (Å²) in [5.74, 6) is 6.61. The van der Waals surface area contributed by atoms with Crippen LogP contribution in [0.5, 0.6) is 0 Å². The van der Waals surface area contributed by atoms with Crippen LogP contribution in [-0.2, 0) is 27.7 Å². The maximum atomic E-state index is 11.8. The molecule has 0 saturated heterocycles. The Morgan fingerprint density at radius 1 is 0.955 bits per heavy atom. The van der Waals surface area contributed by atoms with Gasteiger partial charge in [-0.1, -0.05) is 131 Å². The molecule has 0 aromatic heterocycles. The number of hydrogen-bond acceptors (Lipinski definition) is 3. The summed E-state index contributed by atoms with van der Waals surface area (Å²) in [4.78, 5) is 11.8. The van der Waals surface area contributed by atoms with Crippen LogP contribution in [0.3, 0.4) is 0 Å². The van der Waals surface area contributed by atoms with Crippen LogP contribution in [0.1, 0.15) is 82.4 Å². The van der Waals surface area contributed by atoms with E-state index in [0.29, 0.717) is 0 Å². The van der Waals surface area contributed by atoms with Gasteiger partial charge in [0.2, 0.25) is 0 Å². The van der Waals surface area contributed by atoms with Gasteiger partial charge < -0.3 is 14.6 Å². The zero-order valence-electron chi connectivity index (χ0n) is 26.4. The number of carboxylic acid groups (broad SMARTS) is 1. The molecule has 3 aliphatic carbocycles. The van der Waals surface area contributed by atoms with Crippen molar-refractivity contribution in [2.75, 3.05) is 0 Å². The Morgan fingerprint density at radius 2 is 1.59 bits per heavy atom. The molecule has 44 heavy (non-hydrogen) atoms. The largest absolute Gasteiger partial charge is 0.481 e. The van der Waals surface area contributed by atoms with E-state index in [1.807, 2.05) is 6.07 Å². The summed E-state index contributed by atoms with van der Waals surface area (Å²) in [6, 6.07) is 27.8. The fraction of sp³-hybridized carbons (Fsp3) is 0.462. The van der Waals surface area contributed by atoms with E-state index in [-0.39, 0.29) is 29.2 Å². The molecule has 3 aromatic carbocycles. The highest BCUT2D eigenvalue weighted by Gasteiger charge is 2.62. The van der Waals surface area contributed by atoms with Crippen molar-refractivity contribution in [2.45, 2.75) is 95.3 Å². The fourth-order valence-electron chi connectivity index (χ4n) is 8.48. The third-order valence-electron chi connectivity index (χ3n) is 10.6. The van der Waals surface area contributed by atoms with Gasteiger partial charge in [0.05, 0.1) is 12.0 Å². The molecule has 0 radical (unpaired) electrons. The average Bonchev–Trinajstić information content (AvgIpc) is 3.52. The number of fused-ring (bicyclic) bond motifs is 3. The first-order valence-corrected chi connectivity index (χ1v) is 18.4. The molecule has 2 fully saturated rings. The van der Waals surface area contributed by atoms with Crippen LogP contribution in [0.25, 0.3) is 0 Å². The number of carboxylic acids is 1. The zero-order chi connectivity index (χ0) is 31.0. The first-order chi connectivity index (χ1) is 21.1. The van der Waals surface area contributed by atoms with Crippen LogP contribution in [0.15, 0.2) is 78.9 Å². The highest BCUT2D eigenvalue weighted by molar-refractivity contribution is 6.99. The molecule has 5 heteroatoms. The molecule has 4 nitrogen and oxygen atoms in total. The van der Waals surface area contributed by atoms with Gasteiger partial charge in [0.25, 0.3) is 8.32 Å². The predicted octanol–water partition coefficient (Wildman–Crippen LogP) is 6.61. The molecule has 0 spiro atoms. The summed E-state index contributed by atoms with van der Waals surface area (Å²) in [7, 11) is -2.94. The molecular weight excluding hydrogens is 561 g/mol. The monoisotopic (exact) mass is 606 g/mol. The lowest BCUT2D eigenvalue weighted by atomic mass is 9.84. The van der Waals surface area contributed by atoms with E-state index in [2.05, 4.69) is 105 Å². The Labute approximate surface area is 264 Å². The number of rotatable bonds is 7. The molecule has 6 rings (SSSR count). The van der Waals surface area contributed by atoms with Crippen molar-refractivity contribution in [3.63, 3.8) is 0 Å². The maximum Gasteiger partial charge on any atom is 0.307 e. The van der Waals surface area contributed by atoms with E-state index in [4.69, 9.17) is 4.43 Å². The molecule has 2 saturated carbocycles. The molecule has 0 aliphatic heterocycles. The lowest BCUT2D eigenvalue weighted by Gasteiger charge is -2.49. The van der Waals surface area contributed by atoms with Crippen molar-refractivity contribution >= 4 is 24.7 Å². The summed E-state index contributed by atoms with van der Waals surface area (Å²) >= 11 is 0. The third-order valence-corrected chi connectivity index (χ3v) is 15.7. The van der Waals surface area contributed by atoms with Crippen LogP contribution < -0.4 is 10.4 Å². The smallest absolute Gasteiger partial charge is 0.307 e. The molecule has 4 unspecified atom stereocenters. The van der Waals surface area contributed by atoms with Crippen LogP contribution in [0.2, 0.25) is 5.04 Å². The number of aliphatic hydroxyl groups excluding tert-OH is 1. The minimum atomic E-state index is -2.94. The number of carbonyl (C=O) groups is 1. The molecule has 230 valence electrons. The molecule has 0 heterocycles. The molecule has 0 amide bonds. The molecule has 3 aliphatic rings. The third kappa shape index (κ3) is 5.57. The van der Waals surface area contributed by atoms with Crippen molar-refractivity contribution < 1.29 is 19.4 Å². The highest BCUT2D eigenvalue weighted by atomic mass is 28.4. The Morgan fingerprint density at radius 3 is 2.18 bits per heavy atom. The highest BCUT2D eigenvalue weighted by Crippen LogP contribution is 2.59. The lowest BCUT2D eigenvalue weighted by molar-refractivity contribution is -0.136. The fourth-order valence-corrected chi connectivity index (χ4v) is 13.3. The number of aliphatic carboxylic acids is 1. The summed E-state index contributed by atoms with van der Waals surface area (Å²) < 4.78 is 8.05. The first kappa shape index (κ1) is 30.8. The summed E-state index contributed by atoms with van der Waals surface area (Å²) in [5.41, 5.74) is 2.60. The van der Waals surface area contributed by atoms with E-state index in [9.17, 15) is 15.0 Å². The van der Waals surface area contributed by atoms with E-state index >= 15 is 0 Å². The van der Waals surface area contributed by atoms with Crippen LogP contribution >= 0.6 is 0 Å². The van der Waals surface area contributed by atoms with Crippen LogP contribution in [0, 0.1) is 29.6 Å². The Kier molecular flexibility index (Phi) is 8.63. The van der Waals surface area contributed by atoms with Crippen molar-refractivity contribution in [2.24, 2.45) is 17.8 Å². The second kappa shape index (κ2) is 12.3. The Balaban J connectivity index is 1.49. The van der Waals surface area contributed by atoms with Crippen LogP contribution in [0.4, 0.5) is 0 Å². The van der Waals surface area contributed by atoms with Gasteiger partial charge in [-0.15, -0.1) is 0 Å². The topological polar surface area (TPSA) is 66.8 Å². The number of hydrogen-bond donors (Lipinski definition) is 2. The van der Waals surface area contributed by atoms with Crippen molar-refractivity contribution in [1.82, 2.24) is 0 Å². The summed E-state index contributed by atoms with van der Waals surface area (Å²) in [5, 5.41) is 23.0. The van der Waals surface area contributed by atoms with E-state index < -0.39 is 26.0 Å². The Bertz CT molecular complexity index is 1490. The van der Waals surface area contributed by atoms with Gasteiger partial charge in [0.15, 0.2) is 0 Å². The maximum absolute atomic E-state index is 11.8. The van der Waals surface area contributed by atoms with Gasteiger partial charge >= 0.3 is 5.97 Å². The van der Waals surface area contributed by atoms with Crippen molar-refractivity contribution in [1.29, 1.82) is 0 Å². The molecule has 0 bridgehead atoms. The normalized spacial score (nSPS) is 24.2. The van der Waals surface area contributed by atoms with E-state index in [1.54, 1.807) is 0 Å². The van der Waals surface area contributed by atoms with Gasteiger partial charge in [-0.25, -0.2) is 0 Å².